The smallest absolute Gasteiger partial charge is 0.263 e. The lowest BCUT2D eigenvalue weighted by Gasteiger charge is -2.43. The molecule has 15 heteroatoms. The topological polar surface area (TPSA) is 134 Å². The maximum absolute atomic E-state index is 13.6. The molecule has 1 aromatic heterocycles. The number of rotatable bonds is 6. The van der Waals surface area contributed by atoms with Gasteiger partial charge in [0.15, 0.2) is 0 Å². The Labute approximate surface area is 348 Å². The van der Waals surface area contributed by atoms with Crippen molar-refractivity contribution in [2.24, 2.45) is 5.41 Å². The Morgan fingerprint density at radius 2 is 1.54 bits per heavy atom. The molecule has 5 fully saturated rings. The summed E-state index contributed by atoms with van der Waals surface area (Å²) in [6, 6.07) is 15.3. The minimum atomic E-state index is -1.01. The minimum absolute atomic E-state index is 0.0695. The van der Waals surface area contributed by atoms with E-state index in [0.29, 0.717) is 41.7 Å². The van der Waals surface area contributed by atoms with E-state index in [1.165, 1.54) is 6.20 Å². The largest absolute Gasteiger partial charge is 0.371 e. The molecular weight excluding hydrogens is 770 g/mol. The third kappa shape index (κ3) is 7.29. The lowest BCUT2D eigenvalue weighted by atomic mass is 9.76. The summed E-state index contributed by atoms with van der Waals surface area (Å²) in [5.74, 6) is -1.43. The van der Waals surface area contributed by atoms with Gasteiger partial charge < -0.3 is 19.6 Å². The van der Waals surface area contributed by atoms with Gasteiger partial charge in [-0.25, -0.2) is 9.83 Å². The fraction of sp³-hybridized carbons (Fsp3) is 0.477. The van der Waals surface area contributed by atoms with Crippen LogP contribution in [0, 0.1) is 12.0 Å². The zero-order chi connectivity index (χ0) is 41.0. The van der Waals surface area contributed by atoms with Crippen LogP contribution in [0.3, 0.4) is 0 Å². The van der Waals surface area contributed by atoms with E-state index in [-0.39, 0.29) is 35.3 Å². The van der Waals surface area contributed by atoms with Gasteiger partial charge in [-0.15, -0.1) is 0 Å². The fourth-order valence-electron chi connectivity index (χ4n) is 10.3. The van der Waals surface area contributed by atoms with Gasteiger partial charge in [-0.05, 0) is 93.3 Å². The van der Waals surface area contributed by atoms with E-state index < -0.39 is 29.7 Å². The van der Waals surface area contributed by atoms with Crippen molar-refractivity contribution in [3.8, 4) is 0 Å². The molecule has 14 nitrogen and oxygen atoms in total. The van der Waals surface area contributed by atoms with Crippen LogP contribution >= 0.6 is 11.6 Å². The van der Waals surface area contributed by atoms with Crippen molar-refractivity contribution in [1.82, 2.24) is 25.0 Å². The number of carbonyl (C=O) groups excluding carboxylic acids is 5. The number of hydrogen-bond donors (Lipinski definition) is 1. The zero-order valence-corrected chi connectivity index (χ0v) is 34.0. The Morgan fingerprint density at radius 1 is 0.847 bits per heavy atom. The molecule has 0 aliphatic carbocycles. The molecule has 6 aliphatic rings. The van der Waals surface area contributed by atoms with Gasteiger partial charge in [0.1, 0.15) is 11.9 Å². The van der Waals surface area contributed by atoms with Crippen LogP contribution in [-0.2, 0) is 9.59 Å². The first-order chi connectivity index (χ1) is 28.5. The van der Waals surface area contributed by atoms with Gasteiger partial charge in [0.25, 0.3) is 17.7 Å². The van der Waals surface area contributed by atoms with Crippen molar-refractivity contribution in [3.05, 3.63) is 87.9 Å². The van der Waals surface area contributed by atoms with Crippen LogP contribution in [0.25, 0.3) is 4.85 Å². The number of halogens is 1. The monoisotopic (exact) mass is 817 g/mol. The number of nitrogens with zero attached hydrogens (tertiary/aromatic N) is 8. The first-order valence-corrected chi connectivity index (χ1v) is 21.2. The molecule has 1 spiro atoms. The van der Waals surface area contributed by atoms with E-state index >= 15 is 0 Å². The van der Waals surface area contributed by atoms with Gasteiger partial charge in [0.05, 0.1) is 17.7 Å². The number of piperidine rings is 3. The Balaban J connectivity index is 0.736. The Morgan fingerprint density at radius 3 is 2.22 bits per heavy atom. The van der Waals surface area contributed by atoms with Crippen LogP contribution in [-0.4, -0.2) is 126 Å². The van der Waals surface area contributed by atoms with E-state index in [1.807, 2.05) is 35.2 Å². The average Bonchev–Trinajstić information content (AvgIpc) is 3.71. The van der Waals surface area contributed by atoms with Gasteiger partial charge in [-0.1, -0.05) is 17.7 Å². The van der Waals surface area contributed by atoms with Gasteiger partial charge in [0.2, 0.25) is 17.5 Å². The predicted molar refractivity (Wildman–Crippen MR) is 223 cm³/mol. The summed E-state index contributed by atoms with van der Waals surface area (Å²) in [6.45, 7) is 17.0. The van der Waals surface area contributed by atoms with E-state index in [4.69, 9.17) is 18.2 Å². The van der Waals surface area contributed by atoms with Crippen molar-refractivity contribution < 1.29 is 24.0 Å². The molecule has 2 atom stereocenters. The second-order valence-corrected chi connectivity index (χ2v) is 17.5. The van der Waals surface area contributed by atoms with Crippen LogP contribution in [0.15, 0.2) is 54.7 Å². The minimum Gasteiger partial charge on any atom is -0.371 e. The molecule has 0 bridgehead atoms. The molecule has 59 heavy (non-hydrogen) atoms. The SMILES string of the molecule is [C-]#[N+]c1ccc(N2CC3(CCN(c4ccc(C(=O)N5CCN(C6CCN(c7cc8c(cn7)C(=O)N(C7CCC(=O)NC7=O)C8=O)CC6)CC5)cc4)CC3)C[C@@H]2C)cc1Cl. The Bertz CT molecular complexity index is 2240. The average molecular weight is 818 g/mol. The molecular formula is C44H48ClN9O5. The molecule has 6 aliphatic heterocycles. The van der Waals surface area contributed by atoms with Crippen LogP contribution in [0.2, 0.25) is 5.02 Å². The molecule has 0 radical (unpaired) electrons. The maximum Gasteiger partial charge on any atom is 0.263 e. The first kappa shape index (κ1) is 39.0. The number of nitrogens with one attached hydrogen (secondary N) is 1. The van der Waals surface area contributed by atoms with Crippen LogP contribution in [0.4, 0.5) is 22.9 Å². The standard InChI is InChI=1S/C44H48ClN9O5/c1-28-25-44(27-53(28)32-7-8-36(46-2)35(45)23-32)13-17-49(18-14-44)30-5-3-29(4-6-30)41(57)52-21-19-50(20-22-52)31-11-15-51(16-12-31)38-24-33-34(26-47-38)43(59)54(42(33)58)37-9-10-39(55)48-40(37)56/h3-8,23-24,26,28,31,37H,9-22,25,27H2,1H3,(H,48,55,56)/t28-,37?/m0/s1. The molecule has 7 heterocycles. The summed E-state index contributed by atoms with van der Waals surface area (Å²) in [6.07, 6.45) is 6.78. The van der Waals surface area contributed by atoms with E-state index in [9.17, 15) is 24.0 Å². The van der Waals surface area contributed by atoms with Gasteiger partial charge in [0, 0.05) is 106 Å². The number of fused-ring (bicyclic) bond motifs is 1. The Hall–Kier alpha value is -5.52. The molecule has 1 unspecified atom stereocenters. The quantitative estimate of drug-likeness (QED) is 0.268. The number of benzene rings is 2. The van der Waals surface area contributed by atoms with Gasteiger partial charge >= 0.3 is 0 Å². The second-order valence-electron chi connectivity index (χ2n) is 17.0. The number of imide groups is 2. The molecule has 9 rings (SSSR count). The molecule has 1 N–H and O–H groups in total. The van der Waals surface area contributed by atoms with E-state index in [0.717, 1.165) is 99.8 Å². The summed E-state index contributed by atoms with van der Waals surface area (Å²) >= 11 is 6.39. The fourth-order valence-corrected chi connectivity index (χ4v) is 10.5. The zero-order valence-electron chi connectivity index (χ0n) is 33.2. The molecule has 5 saturated heterocycles. The predicted octanol–water partition coefficient (Wildman–Crippen LogP) is 5.00. The van der Waals surface area contributed by atoms with Crippen LogP contribution in [0.5, 0.6) is 0 Å². The number of hydrogen-bond acceptors (Lipinski definition) is 10. The van der Waals surface area contributed by atoms with Crippen LogP contribution in [0.1, 0.15) is 82.9 Å². The first-order valence-electron chi connectivity index (χ1n) is 20.8. The normalized spacial score (nSPS) is 23.8. The summed E-state index contributed by atoms with van der Waals surface area (Å²) in [5.41, 5.74) is 4.12. The van der Waals surface area contributed by atoms with Gasteiger partial charge in [-0.3, -0.25) is 39.1 Å². The van der Waals surface area contributed by atoms with Crippen molar-refractivity contribution in [2.45, 2.75) is 70.0 Å². The highest BCUT2D eigenvalue weighted by Gasteiger charge is 2.46. The van der Waals surface area contributed by atoms with E-state index in [1.54, 1.807) is 6.07 Å². The molecule has 5 amide bonds. The van der Waals surface area contributed by atoms with Crippen LogP contribution < -0.4 is 20.0 Å². The number of pyridine rings is 1. The number of aromatic nitrogens is 1. The van der Waals surface area contributed by atoms with Crippen molar-refractivity contribution >= 4 is 64.0 Å². The molecule has 0 saturated carbocycles. The van der Waals surface area contributed by atoms with Gasteiger partial charge in [-0.2, -0.15) is 0 Å². The summed E-state index contributed by atoms with van der Waals surface area (Å²) in [5, 5.41) is 2.74. The van der Waals surface area contributed by atoms with Crippen molar-refractivity contribution in [1.29, 1.82) is 0 Å². The molecule has 2 aromatic carbocycles. The number of piperazine rings is 1. The summed E-state index contributed by atoms with van der Waals surface area (Å²) in [4.78, 5) is 84.6. The third-order valence-corrected chi connectivity index (χ3v) is 14.0. The molecule has 306 valence electrons. The highest BCUT2D eigenvalue weighted by Crippen LogP contribution is 2.46. The number of amides is 5. The van der Waals surface area contributed by atoms with E-state index in [2.05, 4.69) is 53.8 Å². The maximum atomic E-state index is 13.6. The second kappa shape index (κ2) is 15.6. The number of carbonyl (C=O) groups is 5. The highest BCUT2D eigenvalue weighted by molar-refractivity contribution is 6.33. The van der Waals surface area contributed by atoms with Crippen molar-refractivity contribution in [2.75, 3.05) is 73.6 Å². The lowest BCUT2D eigenvalue weighted by molar-refractivity contribution is -0.136. The lowest BCUT2D eigenvalue weighted by Crippen LogP contribution is -2.54. The molecule has 3 aromatic rings. The number of anilines is 3. The van der Waals surface area contributed by atoms with Crippen molar-refractivity contribution in [3.63, 3.8) is 0 Å². The highest BCUT2D eigenvalue weighted by atomic mass is 35.5. The third-order valence-electron chi connectivity index (χ3n) is 13.7. The summed E-state index contributed by atoms with van der Waals surface area (Å²) in [7, 11) is 0. The summed E-state index contributed by atoms with van der Waals surface area (Å²) < 4.78 is 0. The Kier molecular flexibility index (Phi) is 10.3.